The highest BCUT2D eigenvalue weighted by Gasteiger charge is 2.16. The van der Waals surface area contributed by atoms with E-state index in [-0.39, 0.29) is 5.91 Å². The zero-order chi connectivity index (χ0) is 14.5. The van der Waals surface area contributed by atoms with Crippen LogP contribution in [0.15, 0.2) is 18.2 Å². The van der Waals surface area contributed by atoms with E-state index in [2.05, 4.69) is 5.32 Å². The van der Waals surface area contributed by atoms with Gasteiger partial charge in [0.15, 0.2) is 11.5 Å². The van der Waals surface area contributed by atoms with E-state index in [4.69, 9.17) is 9.47 Å². The van der Waals surface area contributed by atoms with Gasteiger partial charge in [0.2, 0.25) is 5.91 Å². The third-order valence-electron chi connectivity index (χ3n) is 3.83. The van der Waals surface area contributed by atoms with Crippen molar-refractivity contribution in [1.29, 1.82) is 0 Å². The van der Waals surface area contributed by atoms with Gasteiger partial charge in [-0.2, -0.15) is 0 Å². The summed E-state index contributed by atoms with van der Waals surface area (Å²) < 4.78 is 11.0. The van der Waals surface area contributed by atoms with Gasteiger partial charge in [0.1, 0.15) is 13.2 Å². The van der Waals surface area contributed by atoms with Crippen LogP contribution >= 0.6 is 11.8 Å². The lowest BCUT2D eigenvalue weighted by Crippen LogP contribution is -2.19. The summed E-state index contributed by atoms with van der Waals surface area (Å²) >= 11 is 1.79. The average molecular weight is 307 g/mol. The van der Waals surface area contributed by atoms with E-state index in [9.17, 15) is 4.79 Å². The zero-order valence-corrected chi connectivity index (χ0v) is 12.9. The first-order valence-corrected chi connectivity index (χ1v) is 8.67. The van der Waals surface area contributed by atoms with Gasteiger partial charge in [-0.1, -0.05) is 19.3 Å². The fourth-order valence-electron chi connectivity index (χ4n) is 2.74. The van der Waals surface area contributed by atoms with Gasteiger partial charge in [0.05, 0.1) is 5.75 Å². The average Bonchev–Trinajstić information content (AvgIpc) is 2.54. The SMILES string of the molecule is O=C(CSC1CCCCC1)Nc1ccc2c(c1)OCCO2. The van der Waals surface area contributed by atoms with E-state index in [1.807, 2.05) is 18.2 Å². The Kier molecular flexibility index (Phi) is 4.91. The Balaban J connectivity index is 1.50. The lowest BCUT2D eigenvalue weighted by Gasteiger charge is -2.21. The van der Waals surface area contributed by atoms with Crippen LogP contribution in [-0.2, 0) is 4.79 Å². The molecule has 1 heterocycles. The minimum absolute atomic E-state index is 0.0576. The van der Waals surface area contributed by atoms with Crippen LogP contribution in [-0.4, -0.2) is 30.1 Å². The Labute approximate surface area is 129 Å². The minimum Gasteiger partial charge on any atom is -0.486 e. The first-order valence-electron chi connectivity index (χ1n) is 7.62. The van der Waals surface area contributed by atoms with E-state index in [0.717, 1.165) is 11.4 Å². The fourth-order valence-corrected chi connectivity index (χ4v) is 3.87. The lowest BCUT2D eigenvalue weighted by atomic mass is 10.0. The zero-order valence-electron chi connectivity index (χ0n) is 12.1. The first kappa shape index (κ1) is 14.6. The molecular formula is C16H21NO3S. The molecule has 2 aliphatic rings. The summed E-state index contributed by atoms with van der Waals surface area (Å²) in [6, 6.07) is 5.53. The molecule has 1 saturated carbocycles. The number of amides is 1. The van der Waals surface area contributed by atoms with Crippen LogP contribution in [0.25, 0.3) is 0 Å². The second-order valence-electron chi connectivity index (χ2n) is 5.48. The summed E-state index contributed by atoms with van der Waals surface area (Å²) in [5.74, 6) is 2.04. The maximum absolute atomic E-state index is 12.0. The van der Waals surface area contributed by atoms with Crippen LogP contribution in [0, 0.1) is 0 Å². The molecule has 0 aromatic heterocycles. The van der Waals surface area contributed by atoms with Crippen molar-refractivity contribution in [2.24, 2.45) is 0 Å². The van der Waals surface area contributed by atoms with E-state index < -0.39 is 0 Å². The molecule has 4 nitrogen and oxygen atoms in total. The molecular weight excluding hydrogens is 286 g/mol. The number of anilines is 1. The maximum Gasteiger partial charge on any atom is 0.234 e. The van der Waals surface area contributed by atoms with E-state index in [0.29, 0.717) is 30.0 Å². The Morgan fingerprint density at radius 3 is 2.71 bits per heavy atom. The summed E-state index contributed by atoms with van der Waals surface area (Å²) in [5.41, 5.74) is 0.772. The maximum atomic E-state index is 12.0. The molecule has 0 saturated heterocycles. The summed E-state index contributed by atoms with van der Waals surface area (Å²) in [5, 5.41) is 3.59. The molecule has 1 N–H and O–H groups in total. The first-order chi connectivity index (χ1) is 10.3. The van der Waals surface area contributed by atoms with Gasteiger partial charge in [-0.3, -0.25) is 4.79 Å². The number of carbonyl (C=O) groups excluding carboxylic acids is 1. The predicted octanol–water partition coefficient (Wildman–Crippen LogP) is 3.46. The van der Waals surface area contributed by atoms with Crippen LogP contribution in [0.1, 0.15) is 32.1 Å². The molecule has 1 amide bonds. The van der Waals surface area contributed by atoms with E-state index >= 15 is 0 Å². The number of hydrogen-bond donors (Lipinski definition) is 1. The number of carbonyl (C=O) groups is 1. The smallest absolute Gasteiger partial charge is 0.234 e. The Morgan fingerprint density at radius 2 is 1.90 bits per heavy atom. The van der Waals surface area contributed by atoms with Gasteiger partial charge < -0.3 is 14.8 Å². The van der Waals surface area contributed by atoms with Gasteiger partial charge in [-0.05, 0) is 25.0 Å². The van der Waals surface area contributed by atoms with Crippen molar-refractivity contribution in [1.82, 2.24) is 0 Å². The van der Waals surface area contributed by atoms with Crippen molar-refractivity contribution >= 4 is 23.4 Å². The highest BCUT2D eigenvalue weighted by atomic mass is 32.2. The van der Waals surface area contributed by atoms with Crippen molar-refractivity contribution in [3.63, 3.8) is 0 Å². The number of nitrogens with one attached hydrogen (secondary N) is 1. The van der Waals surface area contributed by atoms with Crippen LogP contribution in [0.2, 0.25) is 0 Å². The molecule has 0 atom stereocenters. The van der Waals surface area contributed by atoms with Gasteiger partial charge in [-0.25, -0.2) is 0 Å². The number of fused-ring (bicyclic) bond motifs is 1. The predicted molar refractivity (Wildman–Crippen MR) is 85.4 cm³/mol. The molecule has 0 spiro atoms. The van der Waals surface area contributed by atoms with Crippen molar-refractivity contribution in [3.8, 4) is 11.5 Å². The molecule has 21 heavy (non-hydrogen) atoms. The van der Waals surface area contributed by atoms with E-state index in [1.54, 1.807) is 11.8 Å². The van der Waals surface area contributed by atoms with Crippen LogP contribution in [0.3, 0.4) is 0 Å². The Hall–Kier alpha value is -1.36. The molecule has 3 rings (SSSR count). The largest absolute Gasteiger partial charge is 0.486 e. The molecule has 0 unspecified atom stereocenters. The lowest BCUT2D eigenvalue weighted by molar-refractivity contribution is -0.113. The van der Waals surface area contributed by atoms with Gasteiger partial charge >= 0.3 is 0 Å². The summed E-state index contributed by atoms with van der Waals surface area (Å²) in [6.07, 6.45) is 6.47. The standard InChI is InChI=1S/C16H21NO3S/c18-16(11-21-13-4-2-1-3-5-13)17-12-6-7-14-15(10-12)20-9-8-19-14/h6-7,10,13H,1-5,8-9,11H2,(H,17,18). The van der Waals surface area contributed by atoms with Gasteiger partial charge in [0.25, 0.3) is 0 Å². The molecule has 114 valence electrons. The fraction of sp³-hybridized carbons (Fsp3) is 0.562. The molecule has 1 aromatic rings. The second kappa shape index (κ2) is 7.07. The Bertz CT molecular complexity index is 500. The summed E-state index contributed by atoms with van der Waals surface area (Å²) in [4.78, 5) is 12.0. The number of ether oxygens (including phenoxy) is 2. The minimum atomic E-state index is 0.0576. The number of thioether (sulfide) groups is 1. The number of hydrogen-bond acceptors (Lipinski definition) is 4. The molecule has 1 fully saturated rings. The summed E-state index contributed by atoms with van der Waals surface area (Å²) in [7, 11) is 0. The van der Waals surface area contributed by atoms with Crippen molar-refractivity contribution in [2.45, 2.75) is 37.4 Å². The van der Waals surface area contributed by atoms with Crippen molar-refractivity contribution in [2.75, 3.05) is 24.3 Å². The third-order valence-corrected chi connectivity index (χ3v) is 5.20. The topological polar surface area (TPSA) is 47.6 Å². The highest BCUT2D eigenvalue weighted by Crippen LogP contribution is 2.33. The second-order valence-corrected chi connectivity index (χ2v) is 6.77. The molecule has 1 aliphatic heterocycles. The summed E-state index contributed by atoms with van der Waals surface area (Å²) in [6.45, 7) is 1.14. The van der Waals surface area contributed by atoms with Crippen LogP contribution < -0.4 is 14.8 Å². The number of rotatable bonds is 4. The number of benzene rings is 1. The van der Waals surface area contributed by atoms with Gasteiger partial charge in [0, 0.05) is 17.0 Å². The van der Waals surface area contributed by atoms with Crippen LogP contribution in [0.4, 0.5) is 5.69 Å². The highest BCUT2D eigenvalue weighted by molar-refractivity contribution is 8.00. The monoisotopic (exact) mass is 307 g/mol. The molecule has 0 radical (unpaired) electrons. The molecule has 1 aliphatic carbocycles. The molecule has 0 bridgehead atoms. The Morgan fingerprint density at radius 1 is 1.14 bits per heavy atom. The third kappa shape index (κ3) is 4.06. The normalized spacial score (nSPS) is 18.3. The van der Waals surface area contributed by atoms with Crippen LogP contribution in [0.5, 0.6) is 11.5 Å². The molecule has 1 aromatic carbocycles. The van der Waals surface area contributed by atoms with Gasteiger partial charge in [-0.15, -0.1) is 11.8 Å². The van der Waals surface area contributed by atoms with Crippen molar-refractivity contribution < 1.29 is 14.3 Å². The molecule has 5 heteroatoms. The van der Waals surface area contributed by atoms with E-state index in [1.165, 1.54) is 32.1 Å². The van der Waals surface area contributed by atoms with Crippen molar-refractivity contribution in [3.05, 3.63) is 18.2 Å². The quantitative estimate of drug-likeness (QED) is 0.925.